The van der Waals surface area contributed by atoms with Crippen molar-refractivity contribution >= 4 is 5.97 Å². The van der Waals surface area contributed by atoms with E-state index in [2.05, 4.69) is 16.2 Å². The molecule has 0 aliphatic heterocycles. The molecule has 174 valence electrons. The number of para-hydroxylation sites is 1. The molecule has 0 saturated heterocycles. The Labute approximate surface area is 183 Å². The van der Waals surface area contributed by atoms with Gasteiger partial charge in [0, 0.05) is 12.1 Å². The zero-order valence-electron chi connectivity index (χ0n) is 18.6. The van der Waals surface area contributed by atoms with Gasteiger partial charge >= 0.3 is 5.97 Å². The molecular weight excluding hydrogens is 404 g/mol. The molecule has 1 saturated carbocycles. The average molecular weight is 439 g/mol. The third-order valence-corrected chi connectivity index (χ3v) is 4.94. The standard InChI is InChI=1S/C22H34N2O7/c1-22(2,3)23-14-18(31-21(25)16-28-12-13-30-24(26)27)15-29-20-11-7-6-10-19(20)17-8-4-5-9-17/h6-7,10-11,17-18,23H,4-5,8-9,12-16H2,1-3H3. The van der Waals surface area contributed by atoms with Gasteiger partial charge in [-0.1, -0.05) is 31.0 Å². The van der Waals surface area contributed by atoms with Crippen LogP contribution in [0.1, 0.15) is 57.9 Å². The predicted molar refractivity (Wildman–Crippen MR) is 115 cm³/mol. The van der Waals surface area contributed by atoms with Crippen LogP contribution in [0.3, 0.4) is 0 Å². The third-order valence-electron chi connectivity index (χ3n) is 4.94. The number of benzene rings is 1. The van der Waals surface area contributed by atoms with Gasteiger partial charge < -0.3 is 24.4 Å². The van der Waals surface area contributed by atoms with E-state index in [1.165, 1.54) is 31.2 Å². The third kappa shape index (κ3) is 9.97. The molecule has 31 heavy (non-hydrogen) atoms. The summed E-state index contributed by atoms with van der Waals surface area (Å²) in [6, 6.07) is 8.05. The summed E-state index contributed by atoms with van der Waals surface area (Å²) in [5, 5.41) is 12.5. The highest BCUT2D eigenvalue weighted by Crippen LogP contribution is 2.38. The van der Waals surface area contributed by atoms with Crippen molar-refractivity contribution in [1.82, 2.24) is 5.32 Å². The molecule has 2 rings (SSSR count). The molecule has 1 fully saturated rings. The van der Waals surface area contributed by atoms with Crippen molar-refractivity contribution in [3.8, 4) is 5.75 Å². The average Bonchev–Trinajstić information content (AvgIpc) is 3.24. The zero-order valence-corrected chi connectivity index (χ0v) is 18.6. The predicted octanol–water partition coefficient (Wildman–Crippen LogP) is 3.25. The Morgan fingerprint density at radius 1 is 1.23 bits per heavy atom. The summed E-state index contributed by atoms with van der Waals surface area (Å²) in [6.07, 6.45) is 4.30. The highest BCUT2D eigenvalue weighted by Gasteiger charge is 2.23. The lowest BCUT2D eigenvalue weighted by molar-refractivity contribution is -0.758. The molecule has 0 radical (unpaired) electrons. The fourth-order valence-electron chi connectivity index (χ4n) is 3.47. The van der Waals surface area contributed by atoms with Crippen molar-refractivity contribution in [2.24, 2.45) is 0 Å². The Hall–Kier alpha value is -2.39. The van der Waals surface area contributed by atoms with Crippen LogP contribution in [-0.4, -0.2) is 55.7 Å². The number of rotatable bonds is 13. The molecule has 1 atom stereocenters. The number of hydrogen-bond acceptors (Lipinski definition) is 8. The molecule has 0 heterocycles. The van der Waals surface area contributed by atoms with Crippen LogP contribution in [0, 0.1) is 10.1 Å². The lowest BCUT2D eigenvalue weighted by atomic mass is 9.97. The van der Waals surface area contributed by atoms with Gasteiger partial charge in [0.15, 0.2) is 0 Å². The second-order valence-corrected chi connectivity index (χ2v) is 8.68. The van der Waals surface area contributed by atoms with Crippen LogP contribution in [0.4, 0.5) is 0 Å². The second-order valence-electron chi connectivity index (χ2n) is 8.68. The smallest absolute Gasteiger partial charge is 0.332 e. The van der Waals surface area contributed by atoms with Crippen LogP contribution in [0.2, 0.25) is 0 Å². The molecule has 0 bridgehead atoms. The second kappa shape index (κ2) is 12.5. The van der Waals surface area contributed by atoms with Crippen LogP contribution in [0.15, 0.2) is 24.3 Å². The first-order valence-electron chi connectivity index (χ1n) is 10.8. The summed E-state index contributed by atoms with van der Waals surface area (Å²) in [5.41, 5.74) is 1.06. The largest absolute Gasteiger partial charge is 0.489 e. The van der Waals surface area contributed by atoms with Gasteiger partial charge in [-0.2, -0.15) is 0 Å². The minimum Gasteiger partial charge on any atom is -0.489 e. The molecule has 1 aliphatic carbocycles. The van der Waals surface area contributed by atoms with E-state index in [1.807, 2.05) is 39.0 Å². The van der Waals surface area contributed by atoms with Gasteiger partial charge in [0.2, 0.25) is 0 Å². The van der Waals surface area contributed by atoms with E-state index in [0.29, 0.717) is 12.5 Å². The molecule has 1 N–H and O–H groups in total. The highest BCUT2D eigenvalue weighted by atomic mass is 17.0. The molecule has 1 aromatic rings. The molecule has 1 aliphatic rings. The van der Waals surface area contributed by atoms with Crippen molar-refractivity contribution in [2.45, 2.75) is 64.0 Å². The fraction of sp³-hybridized carbons (Fsp3) is 0.682. The molecular formula is C22H34N2O7. The van der Waals surface area contributed by atoms with Crippen LogP contribution in [-0.2, 0) is 19.1 Å². The normalized spacial score (nSPS) is 15.5. The summed E-state index contributed by atoms with van der Waals surface area (Å²) in [5.74, 6) is 0.786. The monoisotopic (exact) mass is 438 g/mol. The first kappa shape index (κ1) is 24.9. The first-order valence-corrected chi connectivity index (χ1v) is 10.8. The summed E-state index contributed by atoms with van der Waals surface area (Å²) >= 11 is 0. The van der Waals surface area contributed by atoms with Gasteiger partial charge in [0.05, 0.1) is 6.61 Å². The van der Waals surface area contributed by atoms with Crippen LogP contribution in [0.5, 0.6) is 5.75 Å². The van der Waals surface area contributed by atoms with Crippen molar-refractivity contribution in [1.29, 1.82) is 0 Å². The quantitative estimate of drug-likeness (QED) is 0.216. The van der Waals surface area contributed by atoms with E-state index in [0.717, 1.165) is 5.75 Å². The highest BCUT2D eigenvalue weighted by molar-refractivity contribution is 5.70. The van der Waals surface area contributed by atoms with Crippen LogP contribution in [0.25, 0.3) is 0 Å². The maximum atomic E-state index is 12.2. The van der Waals surface area contributed by atoms with E-state index in [1.54, 1.807) is 0 Å². The Morgan fingerprint density at radius 3 is 2.61 bits per heavy atom. The Bertz CT molecular complexity index is 699. The minimum absolute atomic E-state index is 0.0771. The molecule has 1 aromatic carbocycles. The van der Waals surface area contributed by atoms with E-state index >= 15 is 0 Å². The number of ether oxygens (including phenoxy) is 3. The van der Waals surface area contributed by atoms with E-state index in [9.17, 15) is 14.9 Å². The lowest BCUT2D eigenvalue weighted by Gasteiger charge is -2.26. The Kier molecular flexibility index (Phi) is 10.00. The Balaban J connectivity index is 1.89. The van der Waals surface area contributed by atoms with Crippen molar-refractivity contribution in [3.05, 3.63) is 39.9 Å². The van der Waals surface area contributed by atoms with E-state index in [4.69, 9.17) is 14.2 Å². The van der Waals surface area contributed by atoms with Gasteiger partial charge in [0.1, 0.15) is 31.7 Å². The lowest BCUT2D eigenvalue weighted by Crippen LogP contribution is -2.44. The number of carbonyl (C=O) groups excluding carboxylic acids is 1. The first-order chi connectivity index (χ1) is 14.7. The fourth-order valence-corrected chi connectivity index (χ4v) is 3.47. The van der Waals surface area contributed by atoms with Gasteiger partial charge in [0.25, 0.3) is 5.09 Å². The summed E-state index contributed by atoms with van der Waals surface area (Å²) < 4.78 is 16.7. The number of carbonyl (C=O) groups is 1. The number of nitrogens with one attached hydrogen (secondary N) is 1. The number of esters is 1. The summed E-state index contributed by atoms with van der Waals surface area (Å²) in [7, 11) is 0. The molecule has 0 amide bonds. The van der Waals surface area contributed by atoms with Crippen molar-refractivity contribution < 1.29 is 28.9 Å². The Morgan fingerprint density at radius 2 is 1.94 bits per heavy atom. The van der Waals surface area contributed by atoms with Crippen LogP contribution >= 0.6 is 0 Å². The molecule has 9 heteroatoms. The summed E-state index contributed by atoms with van der Waals surface area (Å²) in [4.78, 5) is 26.4. The molecule has 9 nitrogen and oxygen atoms in total. The maximum Gasteiger partial charge on any atom is 0.332 e. The molecule has 0 aromatic heterocycles. The van der Waals surface area contributed by atoms with Crippen molar-refractivity contribution in [2.75, 3.05) is 33.0 Å². The zero-order chi connectivity index (χ0) is 22.7. The SMILES string of the molecule is CC(C)(C)NCC(COc1ccccc1C1CCCC1)OC(=O)COCCO[N+](=O)[O-]. The van der Waals surface area contributed by atoms with E-state index < -0.39 is 17.2 Å². The van der Waals surface area contributed by atoms with Gasteiger partial charge in [-0.25, -0.2) is 4.79 Å². The number of hydrogen-bond donors (Lipinski definition) is 1. The maximum absolute atomic E-state index is 12.2. The van der Waals surface area contributed by atoms with Gasteiger partial charge in [-0.05, 0) is 51.2 Å². The molecule has 0 spiro atoms. The van der Waals surface area contributed by atoms with Crippen molar-refractivity contribution in [3.63, 3.8) is 0 Å². The molecule has 1 unspecified atom stereocenters. The van der Waals surface area contributed by atoms with E-state index in [-0.39, 0.29) is 32.0 Å². The van der Waals surface area contributed by atoms with Crippen LogP contribution < -0.4 is 10.1 Å². The summed E-state index contributed by atoms with van der Waals surface area (Å²) in [6.45, 7) is 6.09. The number of nitrogens with zero attached hydrogens (tertiary/aromatic N) is 1. The van der Waals surface area contributed by atoms with Gasteiger partial charge in [-0.15, -0.1) is 10.1 Å². The van der Waals surface area contributed by atoms with Gasteiger partial charge in [-0.3, -0.25) is 0 Å². The topological polar surface area (TPSA) is 109 Å². The minimum atomic E-state index is -0.906.